The summed E-state index contributed by atoms with van der Waals surface area (Å²) in [6.07, 6.45) is 2.21. The number of aryl methyl sites for hydroxylation is 2. The lowest BCUT2D eigenvalue weighted by molar-refractivity contribution is -0.140. The highest BCUT2D eigenvalue weighted by Crippen LogP contribution is 2.41. The molecule has 3 heterocycles. The molecule has 31 heavy (non-hydrogen) atoms. The lowest BCUT2D eigenvalue weighted by Gasteiger charge is -2.27. The van der Waals surface area contributed by atoms with E-state index in [2.05, 4.69) is 10.00 Å². The number of nitrogens with zero attached hydrogens (tertiary/aromatic N) is 4. The van der Waals surface area contributed by atoms with Crippen LogP contribution in [0.3, 0.4) is 0 Å². The van der Waals surface area contributed by atoms with E-state index < -0.39 is 23.5 Å². The summed E-state index contributed by atoms with van der Waals surface area (Å²) >= 11 is 0. The fraction of sp³-hybridized carbons (Fsp3) is 0.435. The summed E-state index contributed by atoms with van der Waals surface area (Å²) in [4.78, 5) is 29.7. The van der Waals surface area contributed by atoms with Gasteiger partial charge < -0.3 is 14.9 Å². The molecule has 1 amide bonds. The summed E-state index contributed by atoms with van der Waals surface area (Å²) in [5, 5.41) is 15.5. The fourth-order valence-electron chi connectivity index (χ4n) is 4.64. The van der Waals surface area contributed by atoms with Crippen molar-refractivity contribution in [2.75, 3.05) is 26.2 Å². The van der Waals surface area contributed by atoms with Crippen molar-refractivity contribution < 1.29 is 19.1 Å². The third-order valence-corrected chi connectivity index (χ3v) is 6.34. The average molecular weight is 426 g/mol. The number of aliphatic hydroxyl groups excluding tert-OH is 1. The van der Waals surface area contributed by atoms with Crippen LogP contribution >= 0.6 is 0 Å². The smallest absolute Gasteiger partial charge is 0.295 e. The number of hydrogen-bond donors (Lipinski definition) is 1. The normalized spacial score (nSPS) is 21.4. The Balaban J connectivity index is 1.83. The van der Waals surface area contributed by atoms with Crippen LogP contribution in [-0.2, 0) is 16.6 Å². The van der Waals surface area contributed by atoms with Gasteiger partial charge in [0.05, 0.1) is 22.9 Å². The molecule has 2 aliphatic rings. The molecule has 1 N–H and O–H groups in total. The first-order valence-electron chi connectivity index (χ1n) is 10.6. The number of carbonyl (C=O) groups excluding carboxylic acids is 2. The van der Waals surface area contributed by atoms with Crippen LogP contribution in [0.2, 0.25) is 0 Å². The van der Waals surface area contributed by atoms with E-state index in [-0.39, 0.29) is 23.4 Å². The van der Waals surface area contributed by atoms with Crippen LogP contribution in [-0.4, -0.2) is 62.6 Å². The molecular weight excluding hydrogens is 399 g/mol. The third-order valence-electron chi connectivity index (χ3n) is 6.34. The van der Waals surface area contributed by atoms with Crippen LogP contribution in [0.4, 0.5) is 4.39 Å². The molecule has 2 saturated heterocycles. The molecular formula is C23H27FN4O3. The van der Waals surface area contributed by atoms with Crippen LogP contribution in [0.15, 0.2) is 29.8 Å². The lowest BCUT2D eigenvalue weighted by atomic mass is 9.94. The van der Waals surface area contributed by atoms with Gasteiger partial charge in [-0.3, -0.25) is 14.3 Å². The highest BCUT2D eigenvalue weighted by molar-refractivity contribution is 6.46. The monoisotopic (exact) mass is 426 g/mol. The van der Waals surface area contributed by atoms with Gasteiger partial charge in [-0.25, -0.2) is 4.39 Å². The topological polar surface area (TPSA) is 78.7 Å². The molecule has 0 spiro atoms. The van der Waals surface area contributed by atoms with Gasteiger partial charge in [-0.15, -0.1) is 0 Å². The van der Waals surface area contributed by atoms with E-state index in [1.807, 2.05) is 0 Å². The number of hydrogen-bond acceptors (Lipinski definition) is 5. The van der Waals surface area contributed by atoms with Crippen LogP contribution in [0.5, 0.6) is 0 Å². The van der Waals surface area contributed by atoms with E-state index >= 15 is 0 Å². The minimum atomic E-state index is -0.984. The summed E-state index contributed by atoms with van der Waals surface area (Å²) in [6.45, 7) is 6.28. The van der Waals surface area contributed by atoms with Crippen molar-refractivity contribution in [1.82, 2.24) is 19.6 Å². The van der Waals surface area contributed by atoms with E-state index in [4.69, 9.17) is 0 Å². The second-order valence-corrected chi connectivity index (χ2v) is 8.23. The van der Waals surface area contributed by atoms with Gasteiger partial charge in [-0.2, -0.15) is 5.10 Å². The SMILES string of the molecule is Cc1nn(C)c(C)c1/C(O)=C1\C(=O)C(=O)N(CCN2CCCC2)C1c1ccccc1F. The first-order chi connectivity index (χ1) is 14.8. The van der Waals surface area contributed by atoms with Crippen LogP contribution in [0.1, 0.15) is 41.4 Å². The van der Waals surface area contributed by atoms with Crippen molar-refractivity contribution in [3.8, 4) is 0 Å². The number of aliphatic hydroxyl groups is 1. The van der Waals surface area contributed by atoms with Gasteiger partial charge >= 0.3 is 0 Å². The molecule has 1 atom stereocenters. The van der Waals surface area contributed by atoms with E-state index in [0.29, 0.717) is 23.5 Å². The summed E-state index contributed by atoms with van der Waals surface area (Å²) < 4.78 is 16.4. The van der Waals surface area contributed by atoms with Crippen molar-refractivity contribution in [2.45, 2.75) is 32.7 Å². The molecule has 7 nitrogen and oxygen atoms in total. The minimum absolute atomic E-state index is 0.0873. The zero-order valence-corrected chi connectivity index (χ0v) is 18.1. The van der Waals surface area contributed by atoms with Gasteiger partial charge in [0, 0.05) is 31.4 Å². The van der Waals surface area contributed by atoms with Gasteiger partial charge in [0.2, 0.25) is 0 Å². The van der Waals surface area contributed by atoms with Crippen LogP contribution < -0.4 is 0 Å². The molecule has 0 bridgehead atoms. The number of likely N-dealkylation sites (tertiary alicyclic amines) is 2. The molecule has 2 aromatic rings. The predicted molar refractivity (Wildman–Crippen MR) is 114 cm³/mol. The first-order valence-corrected chi connectivity index (χ1v) is 10.6. The fourth-order valence-corrected chi connectivity index (χ4v) is 4.64. The number of rotatable bonds is 5. The molecule has 0 saturated carbocycles. The largest absolute Gasteiger partial charge is 0.507 e. The quantitative estimate of drug-likeness (QED) is 0.452. The lowest BCUT2D eigenvalue weighted by Crippen LogP contribution is -2.37. The summed E-state index contributed by atoms with van der Waals surface area (Å²) in [5.74, 6) is -2.34. The van der Waals surface area contributed by atoms with Crippen LogP contribution in [0, 0.1) is 19.7 Å². The predicted octanol–water partition coefficient (Wildman–Crippen LogP) is 2.69. The Bertz CT molecular complexity index is 1070. The molecule has 1 aromatic heterocycles. The van der Waals surface area contributed by atoms with Gasteiger partial charge in [0.1, 0.15) is 11.6 Å². The van der Waals surface area contributed by atoms with Gasteiger partial charge in [-0.05, 0) is 45.8 Å². The van der Waals surface area contributed by atoms with Crippen LogP contribution in [0.25, 0.3) is 5.76 Å². The number of Topliss-reactive ketones (excluding diaryl/α,β-unsaturated/α-hetero) is 1. The van der Waals surface area contributed by atoms with E-state index in [1.165, 1.54) is 11.0 Å². The number of carbonyl (C=O) groups is 2. The number of amides is 1. The highest BCUT2D eigenvalue weighted by atomic mass is 19.1. The first kappa shape index (κ1) is 21.2. The zero-order chi connectivity index (χ0) is 22.3. The number of halogens is 1. The maximum absolute atomic E-state index is 14.8. The molecule has 4 rings (SSSR count). The molecule has 0 aliphatic carbocycles. The summed E-state index contributed by atoms with van der Waals surface area (Å²) in [6, 6.07) is 5.11. The molecule has 1 aromatic carbocycles. The zero-order valence-electron chi connectivity index (χ0n) is 18.1. The summed E-state index contributed by atoms with van der Waals surface area (Å²) in [5.41, 5.74) is 1.71. The third kappa shape index (κ3) is 3.65. The Hall–Kier alpha value is -3.00. The van der Waals surface area contributed by atoms with Crippen molar-refractivity contribution in [3.05, 3.63) is 58.2 Å². The highest BCUT2D eigenvalue weighted by Gasteiger charge is 2.47. The number of aromatic nitrogens is 2. The average Bonchev–Trinajstić information content (AvgIpc) is 3.40. The molecule has 1 unspecified atom stereocenters. The van der Waals surface area contributed by atoms with Crippen molar-refractivity contribution in [1.29, 1.82) is 0 Å². The van der Waals surface area contributed by atoms with Crippen molar-refractivity contribution in [3.63, 3.8) is 0 Å². The van der Waals surface area contributed by atoms with Gasteiger partial charge in [0.25, 0.3) is 11.7 Å². The van der Waals surface area contributed by atoms with Gasteiger partial charge in [0.15, 0.2) is 0 Å². The van der Waals surface area contributed by atoms with Gasteiger partial charge in [-0.1, -0.05) is 18.2 Å². The Morgan fingerprint density at radius 2 is 1.84 bits per heavy atom. The Morgan fingerprint density at radius 3 is 2.45 bits per heavy atom. The Morgan fingerprint density at radius 1 is 1.16 bits per heavy atom. The summed E-state index contributed by atoms with van der Waals surface area (Å²) in [7, 11) is 1.74. The molecule has 8 heteroatoms. The minimum Gasteiger partial charge on any atom is -0.507 e. The molecule has 2 fully saturated rings. The maximum Gasteiger partial charge on any atom is 0.295 e. The Labute approximate surface area is 180 Å². The van der Waals surface area contributed by atoms with E-state index in [9.17, 15) is 19.1 Å². The number of benzene rings is 1. The van der Waals surface area contributed by atoms with E-state index in [1.54, 1.807) is 43.8 Å². The Kier molecular flexibility index (Phi) is 5.66. The maximum atomic E-state index is 14.8. The van der Waals surface area contributed by atoms with Crippen molar-refractivity contribution in [2.24, 2.45) is 7.05 Å². The van der Waals surface area contributed by atoms with E-state index in [0.717, 1.165) is 25.9 Å². The molecule has 164 valence electrons. The standard InChI is InChI=1S/C23H27FN4O3/c1-14-18(15(2)26(3)25-14)21(29)19-20(16-8-4-5-9-17(16)24)28(23(31)22(19)30)13-12-27-10-6-7-11-27/h4-5,8-9,20,29H,6-7,10-13H2,1-3H3/b21-19+. The van der Waals surface area contributed by atoms with Crippen molar-refractivity contribution >= 4 is 17.4 Å². The second-order valence-electron chi connectivity index (χ2n) is 8.23. The molecule has 2 aliphatic heterocycles. The molecule has 0 radical (unpaired) electrons. The number of ketones is 1. The second kappa shape index (κ2) is 8.26.